The quantitative estimate of drug-likeness (QED) is 0.440. The number of nitrogens with zero attached hydrogens (tertiary/aromatic N) is 2. The summed E-state index contributed by atoms with van der Waals surface area (Å²) in [5.41, 5.74) is 1.04. The smallest absolute Gasteiger partial charge is 0.411 e. The van der Waals surface area contributed by atoms with Gasteiger partial charge < -0.3 is 14.3 Å². The van der Waals surface area contributed by atoms with Gasteiger partial charge in [-0.1, -0.05) is 29.4 Å². The highest BCUT2D eigenvalue weighted by molar-refractivity contribution is 5.75. The molecule has 0 aliphatic carbocycles. The van der Waals surface area contributed by atoms with E-state index < -0.39 is 11.7 Å². The summed E-state index contributed by atoms with van der Waals surface area (Å²) in [6, 6.07) is 13.3. The van der Waals surface area contributed by atoms with Crippen LogP contribution in [0, 0.1) is 5.82 Å². The summed E-state index contributed by atoms with van der Waals surface area (Å²) in [5.74, 6) is 0.362. The second-order valence-corrected chi connectivity index (χ2v) is 7.85. The summed E-state index contributed by atoms with van der Waals surface area (Å²) in [6.07, 6.45) is 1.10. The maximum atomic E-state index is 13.3. The molecule has 0 aliphatic rings. The van der Waals surface area contributed by atoms with Crippen molar-refractivity contribution in [1.29, 1.82) is 0 Å². The molecule has 30 heavy (non-hydrogen) atoms. The van der Waals surface area contributed by atoms with Crippen molar-refractivity contribution in [3.63, 3.8) is 0 Å². The minimum atomic E-state index is -0.609. The molecule has 0 saturated carbocycles. The van der Waals surface area contributed by atoms with Crippen molar-refractivity contribution >= 4 is 12.3 Å². The third-order valence-corrected chi connectivity index (χ3v) is 4.07. The molecule has 0 bridgehead atoms. The fourth-order valence-corrected chi connectivity index (χ4v) is 2.61. The second kappa shape index (κ2) is 10.6. The molecular formula is C23H29FN2O4. The molecule has 1 amide bonds. The molecule has 0 heterocycles. The first-order chi connectivity index (χ1) is 14.2. The van der Waals surface area contributed by atoms with Crippen molar-refractivity contribution in [1.82, 2.24) is 4.90 Å². The lowest BCUT2D eigenvalue weighted by atomic mass is 10.1. The number of carbonyl (C=O) groups is 1. The average molecular weight is 416 g/mol. The summed E-state index contributed by atoms with van der Waals surface area (Å²) in [5, 5.41) is 3.77. The van der Waals surface area contributed by atoms with Gasteiger partial charge in [-0.25, -0.2) is 9.18 Å². The lowest BCUT2D eigenvalue weighted by molar-refractivity contribution is 0.0208. The van der Waals surface area contributed by atoms with Gasteiger partial charge in [0, 0.05) is 6.54 Å². The Morgan fingerprint density at radius 1 is 1.17 bits per heavy atom. The van der Waals surface area contributed by atoms with Crippen molar-refractivity contribution in [3.05, 3.63) is 65.5 Å². The van der Waals surface area contributed by atoms with Crippen molar-refractivity contribution in [2.24, 2.45) is 5.16 Å². The molecular weight excluding hydrogens is 387 g/mol. The fourth-order valence-electron chi connectivity index (χ4n) is 2.61. The first-order valence-electron chi connectivity index (χ1n) is 9.70. The molecule has 2 rings (SSSR count). The monoisotopic (exact) mass is 416 g/mol. The normalized spacial score (nSPS) is 12.5. The van der Waals surface area contributed by atoms with E-state index in [2.05, 4.69) is 5.16 Å². The topological polar surface area (TPSA) is 60.4 Å². The molecule has 6 nitrogen and oxygen atoms in total. The number of hydrogen-bond donors (Lipinski definition) is 0. The van der Waals surface area contributed by atoms with Crippen molar-refractivity contribution in [2.75, 3.05) is 7.11 Å². The first-order valence-corrected chi connectivity index (χ1v) is 9.70. The summed E-state index contributed by atoms with van der Waals surface area (Å²) in [6.45, 7) is 7.90. The molecule has 0 saturated heterocycles. The third-order valence-electron chi connectivity index (χ3n) is 4.07. The average Bonchev–Trinajstić information content (AvgIpc) is 2.68. The largest absolute Gasteiger partial charge is 0.489 e. The van der Waals surface area contributed by atoms with E-state index in [1.807, 2.05) is 52.0 Å². The van der Waals surface area contributed by atoms with Gasteiger partial charge in [0.05, 0.1) is 12.3 Å². The second-order valence-electron chi connectivity index (χ2n) is 7.85. The molecule has 1 unspecified atom stereocenters. The van der Waals surface area contributed by atoms with Gasteiger partial charge in [-0.05, 0) is 63.1 Å². The van der Waals surface area contributed by atoms with Crippen LogP contribution in [-0.4, -0.2) is 36.0 Å². The minimum absolute atomic E-state index is 0.270. The van der Waals surface area contributed by atoms with E-state index in [1.54, 1.807) is 23.2 Å². The van der Waals surface area contributed by atoms with Crippen LogP contribution < -0.4 is 4.74 Å². The van der Waals surface area contributed by atoms with Crippen LogP contribution in [0.25, 0.3) is 0 Å². The molecule has 0 spiro atoms. The molecule has 0 radical (unpaired) electrons. The standard InChI is InChI=1S/C23H29FN2O4/c1-17(14-25-28-5)26(22(27)30-23(2,3)4)15-18-9-11-21(12-10-18)29-16-19-7-6-8-20(24)13-19/h6-14,17H,15-16H2,1-5H3. The summed E-state index contributed by atoms with van der Waals surface area (Å²) < 4.78 is 24.5. The van der Waals surface area contributed by atoms with E-state index >= 15 is 0 Å². The van der Waals surface area contributed by atoms with Crippen LogP contribution in [0.4, 0.5) is 9.18 Å². The van der Waals surface area contributed by atoms with Crippen LogP contribution >= 0.6 is 0 Å². The molecule has 0 N–H and O–H groups in total. The Kier molecular flexibility index (Phi) is 8.21. The number of rotatable bonds is 8. The van der Waals surface area contributed by atoms with Gasteiger partial charge in [0.1, 0.15) is 30.9 Å². The van der Waals surface area contributed by atoms with Gasteiger partial charge in [0.25, 0.3) is 0 Å². The first kappa shape index (κ1) is 23.2. The Balaban J connectivity index is 2.05. The van der Waals surface area contributed by atoms with Gasteiger partial charge in [-0.15, -0.1) is 0 Å². The molecule has 162 valence electrons. The maximum absolute atomic E-state index is 13.3. The lowest BCUT2D eigenvalue weighted by Crippen LogP contribution is -2.42. The molecule has 0 aliphatic heterocycles. The Labute approximate surface area is 177 Å². The molecule has 0 fully saturated rings. The maximum Gasteiger partial charge on any atom is 0.411 e. The minimum Gasteiger partial charge on any atom is -0.489 e. The fraction of sp³-hybridized carbons (Fsp3) is 0.391. The number of ether oxygens (including phenoxy) is 2. The number of oxime groups is 1. The molecule has 2 aromatic carbocycles. The zero-order chi connectivity index (χ0) is 22.1. The SMILES string of the molecule is CON=CC(C)N(Cc1ccc(OCc2cccc(F)c2)cc1)C(=O)OC(C)(C)C. The van der Waals surface area contributed by atoms with E-state index in [0.29, 0.717) is 12.3 Å². The number of carbonyl (C=O) groups excluding carboxylic acids is 1. The van der Waals surface area contributed by atoms with Crippen LogP contribution in [0.15, 0.2) is 53.7 Å². The van der Waals surface area contributed by atoms with Crippen molar-refractivity contribution in [2.45, 2.75) is 52.5 Å². The summed E-state index contributed by atoms with van der Waals surface area (Å²) >= 11 is 0. The molecule has 7 heteroatoms. The lowest BCUT2D eigenvalue weighted by Gasteiger charge is -2.30. The molecule has 1 atom stereocenters. The Morgan fingerprint density at radius 2 is 1.87 bits per heavy atom. The van der Waals surface area contributed by atoms with Crippen molar-refractivity contribution in [3.8, 4) is 5.75 Å². The predicted molar refractivity (Wildman–Crippen MR) is 114 cm³/mol. The van der Waals surface area contributed by atoms with Gasteiger partial charge in [-0.2, -0.15) is 0 Å². The van der Waals surface area contributed by atoms with E-state index in [0.717, 1.165) is 11.1 Å². The van der Waals surface area contributed by atoms with Crippen LogP contribution in [0.3, 0.4) is 0 Å². The van der Waals surface area contributed by atoms with Crippen LogP contribution in [-0.2, 0) is 22.7 Å². The number of halogens is 1. The Morgan fingerprint density at radius 3 is 2.47 bits per heavy atom. The number of amides is 1. The summed E-state index contributed by atoms with van der Waals surface area (Å²) in [7, 11) is 1.45. The zero-order valence-electron chi connectivity index (χ0n) is 18.1. The van der Waals surface area contributed by atoms with E-state index in [9.17, 15) is 9.18 Å². The zero-order valence-corrected chi connectivity index (χ0v) is 18.1. The van der Waals surface area contributed by atoms with Gasteiger partial charge in [-0.3, -0.25) is 4.90 Å². The Hall–Kier alpha value is -3.09. The van der Waals surface area contributed by atoms with Crippen LogP contribution in [0.5, 0.6) is 5.75 Å². The van der Waals surface area contributed by atoms with Crippen molar-refractivity contribution < 1.29 is 23.5 Å². The van der Waals surface area contributed by atoms with E-state index in [4.69, 9.17) is 14.3 Å². The van der Waals surface area contributed by atoms with Gasteiger partial charge in [0.15, 0.2) is 0 Å². The molecule has 2 aromatic rings. The molecule has 0 aromatic heterocycles. The predicted octanol–water partition coefficient (Wildman–Crippen LogP) is 5.16. The number of benzene rings is 2. The van der Waals surface area contributed by atoms with Crippen LogP contribution in [0.1, 0.15) is 38.8 Å². The highest BCUT2D eigenvalue weighted by atomic mass is 19.1. The van der Waals surface area contributed by atoms with Gasteiger partial charge >= 0.3 is 6.09 Å². The number of hydrogen-bond acceptors (Lipinski definition) is 5. The highest BCUT2D eigenvalue weighted by Crippen LogP contribution is 2.18. The van der Waals surface area contributed by atoms with E-state index in [-0.39, 0.29) is 18.5 Å². The summed E-state index contributed by atoms with van der Waals surface area (Å²) in [4.78, 5) is 19.0. The third kappa shape index (κ3) is 7.73. The van der Waals surface area contributed by atoms with Gasteiger partial charge in [0.2, 0.25) is 0 Å². The Bertz CT molecular complexity index is 847. The highest BCUT2D eigenvalue weighted by Gasteiger charge is 2.25. The van der Waals surface area contributed by atoms with E-state index in [1.165, 1.54) is 19.2 Å². The van der Waals surface area contributed by atoms with Crippen LogP contribution in [0.2, 0.25) is 0 Å².